The van der Waals surface area contributed by atoms with Gasteiger partial charge in [0.15, 0.2) is 0 Å². The number of likely N-dealkylation sites (tertiary alicyclic amines) is 1. The molecule has 0 spiro atoms. The highest BCUT2D eigenvalue weighted by atomic mass is 35.5. The van der Waals surface area contributed by atoms with Crippen molar-refractivity contribution in [2.45, 2.75) is 19.3 Å². The van der Waals surface area contributed by atoms with Gasteiger partial charge < -0.3 is 10.0 Å². The zero-order chi connectivity index (χ0) is 19.2. The maximum Gasteiger partial charge on any atom is 0.307 e. The normalized spacial score (nSPS) is 18.4. The third kappa shape index (κ3) is 4.96. The van der Waals surface area contributed by atoms with Crippen LogP contribution in [-0.4, -0.2) is 35.6 Å². The Morgan fingerprint density at radius 1 is 1.19 bits per heavy atom. The van der Waals surface area contributed by atoms with Crippen molar-refractivity contribution in [1.29, 1.82) is 0 Å². The maximum absolute atomic E-state index is 14.4. The molecule has 0 saturated carbocycles. The molecule has 1 fully saturated rings. The Bertz CT molecular complexity index is 789. The van der Waals surface area contributed by atoms with Crippen LogP contribution in [0.15, 0.2) is 54.6 Å². The van der Waals surface area contributed by atoms with Gasteiger partial charge in [0.2, 0.25) is 0 Å². The summed E-state index contributed by atoms with van der Waals surface area (Å²) in [5, 5.41) is 9.81. The smallest absolute Gasteiger partial charge is 0.307 e. The molecule has 2 aromatic carbocycles. The number of hydrogen-bond acceptors (Lipinski definition) is 2. The molecule has 27 heavy (non-hydrogen) atoms. The van der Waals surface area contributed by atoms with Gasteiger partial charge in [-0.3, -0.25) is 4.79 Å². The number of aliphatic carboxylic acids is 1. The minimum Gasteiger partial charge on any atom is -0.481 e. The van der Waals surface area contributed by atoms with Gasteiger partial charge in [-0.2, -0.15) is 0 Å². The van der Waals surface area contributed by atoms with Crippen LogP contribution >= 0.6 is 11.6 Å². The molecule has 1 saturated heterocycles. The van der Waals surface area contributed by atoms with Crippen LogP contribution < -0.4 is 0 Å². The molecule has 0 radical (unpaired) electrons. The highest BCUT2D eigenvalue weighted by molar-refractivity contribution is 6.32. The topological polar surface area (TPSA) is 40.5 Å². The van der Waals surface area contributed by atoms with Crippen LogP contribution in [0.3, 0.4) is 0 Å². The van der Waals surface area contributed by atoms with Crippen LogP contribution in [0.1, 0.15) is 30.4 Å². The van der Waals surface area contributed by atoms with Gasteiger partial charge in [-0.1, -0.05) is 54.1 Å². The summed E-state index contributed by atoms with van der Waals surface area (Å²) in [6.07, 6.45) is 4.33. The lowest BCUT2D eigenvalue weighted by atomic mass is 9.95. The summed E-state index contributed by atoms with van der Waals surface area (Å²) in [6, 6.07) is 14.1. The Morgan fingerprint density at radius 2 is 1.89 bits per heavy atom. The molecule has 0 aromatic heterocycles. The first kappa shape index (κ1) is 19.6. The molecule has 3 nitrogen and oxygen atoms in total. The monoisotopic (exact) mass is 387 g/mol. The fourth-order valence-electron chi connectivity index (χ4n) is 3.58. The van der Waals surface area contributed by atoms with Gasteiger partial charge in [-0.05, 0) is 43.5 Å². The van der Waals surface area contributed by atoms with E-state index in [1.165, 1.54) is 6.07 Å². The lowest BCUT2D eigenvalue weighted by Gasteiger charge is -2.30. The summed E-state index contributed by atoms with van der Waals surface area (Å²) in [7, 11) is 0. The van der Waals surface area contributed by atoms with Crippen molar-refractivity contribution in [2.75, 3.05) is 19.6 Å². The number of rotatable bonds is 6. The van der Waals surface area contributed by atoms with E-state index in [4.69, 9.17) is 11.6 Å². The van der Waals surface area contributed by atoms with Gasteiger partial charge in [0.1, 0.15) is 5.82 Å². The standard InChI is InChI=1S/C22H23ClFNO2/c23-20-11-3-1-8-18(20)17(19-9-2-4-12-21(19)24)10-6-14-25-13-5-7-16(15-25)22(26)27/h1-4,8-12,16H,5-7,13-15H2,(H,26,27)/b17-10-/t16-/m1/s1. The average Bonchev–Trinajstić information content (AvgIpc) is 2.67. The van der Waals surface area contributed by atoms with Gasteiger partial charge in [0.05, 0.1) is 5.92 Å². The summed E-state index contributed by atoms with van der Waals surface area (Å²) in [5.74, 6) is -1.30. The van der Waals surface area contributed by atoms with Gasteiger partial charge in [-0.15, -0.1) is 0 Å². The third-order valence-electron chi connectivity index (χ3n) is 4.98. The largest absolute Gasteiger partial charge is 0.481 e. The minimum atomic E-state index is -0.724. The number of carbonyl (C=O) groups is 1. The molecule has 1 N–H and O–H groups in total. The molecule has 0 aliphatic carbocycles. The van der Waals surface area contributed by atoms with E-state index in [1.807, 2.05) is 30.3 Å². The van der Waals surface area contributed by atoms with E-state index >= 15 is 0 Å². The van der Waals surface area contributed by atoms with Crippen molar-refractivity contribution in [3.05, 3.63) is 76.6 Å². The Morgan fingerprint density at radius 3 is 2.59 bits per heavy atom. The predicted molar refractivity (Wildman–Crippen MR) is 106 cm³/mol. The molecule has 3 rings (SSSR count). The molecule has 1 aliphatic heterocycles. The molecule has 5 heteroatoms. The number of benzene rings is 2. The Balaban J connectivity index is 1.80. The van der Waals surface area contributed by atoms with E-state index in [9.17, 15) is 14.3 Å². The average molecular weight is 388 g/mol. The van der Waals surface area contributed by atoms with E-state index in [0.29, 0.717) is 23.6 Å². The second-order valence-electron chi connectivity index (χ2n) is 6.84. The zero-order valence-electron chi connectivity index (χ0n) is 15.1. The van der Waals surface area contributed by atoms with Crippen molar-refractivity contribution in [3.63, 3.8) is 0 Å². The van der Waals surface area contributed by atoms with Crippen LogP contribution in [0.5, 0.6) is 0 Å². The second-order valence-corrected chi connectivity index (χ2v) is 7.25. The molecule has 2 aromatic rings. The highest BCUT2D eigenvalue weighted by Crippen LogP contribution is 2.31. The first-order valence-corrected chi connectivity index (χ1v) is 9.59. The molecule has 1 heterocycles. The summed E-state index contributed by atoms with van der Waals surface area (Å²) < 4.78 is 14.4. The van der Waals surface area contributed by atoms with Gasteiger partial charge >= 0.3 is 5.97 Å². The Hall–Kier alpha value is -2.17. The van der Waals surface area contributed by atoms with E-state index in [2.05, 4.69) is 4.90 Å². The lowest BCUT2D eigenvalue weighted by Crippen LogP contribution is -2.39. The van der Waals surface area contributed by atoms with Gasteiger partial charge in [0, 0.05) is 29.2 Å². The zero-order valence-corrected chi connectivity index (χ0v) is 15.8. The molecule has 0 unspecified atom stereocenters. The molecular weight excluding hydrogens is 365 g/mol. The molecule has 142 valence electrons. The van der Waals surface area contributed by atoms with Gasteiger partial charge in [-0.25, -0.2) is 4.39 Å². The highest BCUT2D eigenvalue weighted by Gasteiger charge is 2.24. The van der Waals surface area contributed by atoms with Crippen LogP contribution in [0, 0.1) is 11.7 Å². The van der Waals surface area contributed by atoms with Crippen molar-refractivity contribution in [3.8, 4) is 0 Å². The van der Waals surface area contributed by atoms with Crippen molar-refractivity contribution < 1.29 is 14.3 Å². The van der Waals surface area contributed by atoms with Crippen LogP contribution in [0.4, 0.5) is 4.39 Å². The molecular formula is C22H23ClFNO2. The number of carboxylic acid groups (broad SMARTS) is 1. The van der Waals surface area contributed by atoms with Crippen molar-refractivity contribution >= 4 is 23.1 Å². The lowest BCUT2D eigenvalue weighted by molar-refractivity contribution is -0.143. The Labute approximate surface area is 164 Å². The third-order valence-corrected chi connectivity index (χ3v) is 5.31. The van der Waals surface area contributed by atoms with Crippen LogP contribution in [-0.2, 0) is 4.79 Å². The maximum atomic E-state index is 14.4. The van der Waals surface area contributed by atoms with Crippen molar-refractivity contribution in [2.24, 2.45) is 5.92 Å². The predicted octanol–water partition coefficient (Wildman–Crippen LogP) is 5.10. The number of carboxylic acids is 1. The number of hydrogen-bond donors (Lipinski definition) is 1. The fraction of sp³-hybridized carbons (Fsp3) is 0.318. The van der Waals surface area contributed by atoms with E-state index < -0.39 is 5.97 Å². The van der Waals surface area contributed by atoms with Crippen LogP contribution in [0.2, 0.25) is 5.02 Å². The SMILES string of the molecule is O=C(O)[C@@H]1CCCN(CC/C=C(\c2ccccc2F)c2ccccc2Cl)C1. The summed E-state index contributed by atoms with van der Waals surface area (Å²) in [4.78, 5) is 13.4. The second kappa shape index (κ2) is 9.16. The van der Waals surface area contributed by atoms with E-state index in [0.717, 1.165) is 37.1 Å². The van der Waals surface area contributed by atoms with E-state index in [-0.39, 0.29) is 11.7 Å². The molecule has 0 bridgehead atoms. The number of nitrogens with zero attached hydrogens (tertiary/aromatic N) is 1. The van der Waals surface area contributed by atoms with Crippen LogP contribution in [0.25, 0.3) is 5.57 Å². The summed E-state index contributed by atoms with van der Waals surface area (Å²) >= 11 is 6.36. The first-order valence-electron chi connectivity index (χ1n) is 9.21. The Kier molecular flexibility index (Phi) is 6.64. The van der Waals surface area contributed by atoms with Crippen molar-refractivity contribution in [1.82, 2.24) is 4.90 Å². The quantitative estimate of drug-likeness (QED) is 0.749. The fourth-order valence-corrected chi connectivity index (χ4v) is 3.81. The van der Waals surface area contributed by atoms with Gasteiger partial charge in [0.25, 0.3) is 0 Å². The first-order chi connectivity index (χ1) is 13.1. The number of piperidine rings is 1. The number of halogens is 2. The minimum absolute atomic E-state index is 0.285. The molecule has 1 atom stereocenters. The molecule has 0 amide bonds. The molecule has 1 aliphatic rings. The summed E-state index contributed by atoms with van der Waals surface area (Å²) in [5.41, 5.74) is 2.09. The summed E-state index contributed by atoms with van der Waals surface area (Å²) in [6.45, 7) is 2.22. The van der Waals surface area contributed by atoms with E-state index in [1.54, 1.807) is 18.2 Å².